The van der Waals surface area contributed by atoms with Crippen LogP contribution in [0, 0.1) is 0 Å². The molecule has 0 aromatic heterocycles. The molecule has 0 aliphatic rings. The summed E-state index contributed by atoms with van der Waals surface area (Å²) < 4.78 is 0. The molecule has 0 bridgehead atoms. The summed E-state index contributed by atoms with van der Waals surface area (Å²) >= 11 is -0.826. The van der Waals surface area contributed by atoms with Crippen molar-refractivity contribution in [3.05, 3.63) is 30.3 Å². The minimum atomic E-state index is -0.826. The Balaban J connectivity index is 0. The zero-order chi connectivity index (χ0) is 9.82. The van der Waals surface area contributed by atoms with Crippen molar-refractivity contribution in [2.24, 2.45) is 0 Å². The van der Waals surface area contributed by atoms with E-state index in [9.17, 15) is 0 Å². The SMILES string of the molecule is C[Si](C)C.[Cl][Zr][Cl].c1cc[cH-]c1. The Labute approximate surface area is 95.9 Å². The van der Waals surface area contributed by atoms with E-state index in [4.69, 9.17) is 17.0 Å². The standard InChI is InChI=1S/C5H5.C3H9Si.2ClH.Zr/c1-2-4-5-3-1;1-4(2)3;;;/h1-5H;1-3H3;2*1H;/q-1;;;;+2/p-2. The van der Waals surface area contributed by atoms with E-state index in [1.165, 1.54) is 0 Å². The van der Waals surface area contributed by atoms with Gasteiger partial charge in [-0.3, -0.25) is 0 Å². The molecule has 1 radical (unpaired) electrons. The van der Waals surface area contributed by atoms with Crippen molar-refractivity contribution < 1.29 is 20.8 Å². The van der Waals surface area contributed by atoms with Gasteiger partial charge in [0.15, 0.2) is 0 Å². The molecular weight excluding hydrogens is 286 g/mol. The summed E-state index contributed by atoms with van der Waals surface area (Å²) in [6, 6.07) is 10.0. The Bertz CT molecular complexity index is 112. The van der Waals surface area contributed by atoms with E-state index >= 15 is 0 Å². The second-order valence-corrected chi connectivity index (χ2v) is 9.27. The topological polar surface area (TPSA) is 0 Å². The predicted octanol–water partition coefficient (Wildman–Crippen LogP) is 4.15. The molecule has 0 saturated carbocycles. The molecular formula is C8H14Cl2SiZr-. The molecule has 0 saturated heterocycles. The third-order valence-corrected chi connectivity index (χ3v) is 0.556. The van der Waals surface area contributed by atoms with Crippen LogP contribution in [0.25, 0.3) is 0 Å². The molecule has 0 aliphatic heterocycles. The summed E-state index contributed by atoms with van der Waals surface area (Å²) in [5.74, 6) is 0. The van der Waals surface area contributed by atoms with Crippen molar-refractivity contribution in [1.29, 1.82) is 0 Å². The van der Waals surface area contributed by atoms with Crippen molar-refractivity contribution in [2.75, 3.05) is 0 Å². The van der Waals surface area contributed by atoms with Gasteiger partial charge in [-0.1, -0.05) is 19.6 Å². The van der Waals surface area contributed by atoms with E-state index in [2.05, 4.69) is 19.6 Å². The van der Waals surface area contributed by atoms with Gasteiger partial charge in [-0.25, -0.2) is 12.1 Å². The monoisotopic (exact) mass is 298 g/mol. The molecule has 0 aliphatic carbocycles. The summed E-state index contributed by atoms with van der Waals surface area (Å²) in [6.07, 6.45) is 0. The first kappa shape index (κ1) is 15.5. The summed E-state index contributed by atoms with van der Waals surface area (Å²) in [5, 5.41) is 0. The normalized spacial score (nSPS) is 7.50. The van der Waals surface area contributed by atoms with E-state index in [1.807, 2.05) is 30.3 Å². The van der Waals surface area contributed by atoms with Crippen LogP contribution in [-0.2, 0) is 20.8 Å². The smallest absolute Gasteiger partial charge is 0.172 e. The first-order chi connectivity index (χ1) is 5.65. The van der Waals surface area contributed by atoms with E-state index in [0.29, 0.717) is 0 Å². The summed E-state index contributed by atoms with van der Waals surface area (Å²) in [4.78, 5) is 0. The van der Waals surface area contributed by atoms with E-state index in [0.717, 1.165) is 0 Å². The Morgan fingerprint density at radius 3 is 1.42 bits per heavy atom. The minimum Gasteiger partial charge on any atom is -0.214 e. The van der Waals surface area contributed by atoms with Crippen LogP contribution in [0.2, 0.25) is 19.6 Å². The van der Waals surface area contributed by atoms with Crippen molar-refractivity contribution in [2.45, 2.75) is 19.6 Å². The fourth-order valence-corrected chi connectivity index (χ4v) is 0.321. The zero-order valence-electron chi connectivity index (χ0n) is 7.64. The van der Waals surface area contributed by atoms with Crippen LogP contribution in [-0.4, -0.2) is 8.80 Å². The molecule has 0 atom stereocenters. The molecule has 1 aromatic rings. The van der Waals surface area contributed by atoms with Crippen molar-refractivity contribution in [1.82, 2.24) is 0 Å². The maximum Gasteiger partial charge on any atom is -0.172 e. The first-order valence-electron chi connectivity index (χ1n) is 3.54. The molecule has 4 heteroatoms. The predicted molar refractivity (Wildman–Crippen MR) is 57.1 cm³/mol. The average molecular weight is 300 g/mol. The fourth-order valence-electron chi connectivity index (χ4n) is 0.321. The molecule has 0 amide bonds. The van der Waals surface area contributed by atoms with E-state index in [1.54, 1.807) is 0 Å². The van der Waals surface area contributed by atoms with Gasteiger partial charge >= 0.3 is 37.9 Å². The largest absolute Gasteiger partial charge is 0.214 e. The van der Waals surface area contributed by atoms with Crippen LogP contribution in [0.4, 0.5) is 0 Å². The number of hydrogen-bond donors (Lipinski definition) is 0. The molecule has 0 nitrogen and oxygen atoms in total. The first-order valence-corrected chi connectivity index (χ1v) is 12.9. The maximum atomic E-state index is 4.93. The summed E-state index contributed by atoms with van der Waals surface area (Å²) in [5.41, 5.74) is 0. The van der Waals surface area contributed by atoms with Gasteiger partial charge in [0, 0.05) is 8.80 Å². The molecule has 1 aromatic carbocycles. The van der Waals surface area contributed by atoms with Gasteiger partial charge in [-0.05, 0) is 0 Å². The van der Waals surface area contributed by atoms with Gasteiger partial charge < -0.3 is 0 Å². The maximum absolute atomic E-state index is 4.93. The second kappa shape index (κ2) is 14.5. The van der Waals surface area contributed by atoms with Gasteiger partial charge in [0.25, 0.3) is 0 Å². The van der Waals surface area contributed by atoms with Crippen LogP contribution < -0.4 is 0 Å². The Morgan fingerprint density at radius 1 is 1.08 bits per heavy atom. The van der Waals surface area contributed by atoms with Gasteiger partial charge in [0.2, 0.25) is 0 Å². The Hall–Kier alpha value is 1.03. The summed E-state index contributed by atoms with van der Waals surface area (Å²) in [6.45, 7) is 6.81. The molecule has 0 spiro atoms. The van der Waals surface area contributed by atoms with Crippen LogP contribution in [0.3, 0.4) is 0 Å². The van der Waals surface area contributed by atoms with Gasteiger partial charge in [-0.15, -0.1) is 0 Å². The van der Waals surface area contributed by atoms with Gasteiger partial charge in [0.05, 0.1) is 0 Å². The second-order valence-electron chi connectivity index (χ2n) is 2.53. The molecule has 69 valence electrons. The van der Waals surface area contributed by atoms with Gasteiger partial charge in [0.1, 0.15) is 0 Å². The third kappa shape index (κ3) is 30.5. The molecule has 1 rings (SSSR count). The van der Waals surface area contributed by atoms with Crippen molar-refractivity contribution in [3.63, 3.8) is 0 Å². The van der Waals surface area contributed by atoms with Crippen molar-refractivity contribution in [3.8, 4) is 0 Å². The van der Waals surface area contributed by atoms with E-state index in [-0.39, 0.29) is 8.80 Å². The number of rotatable bonds is 0. The number of hydrogen-bond acceptors (Lipinski definition) is 0. The molecule has 0 heterocycles. The quantitative estimate of drug-likeness (QED) is 0.499. The third-order valence-electron chi connectivity index (χ3n) is 0.556. The van der Waals surface area contributed by atoms with E-state index < -0.39 is 20.8 Å². The van der Waals surface area contributed by atoms with Crippen molar-refractivity contribution >= 4 is 25.8 Å². The molecule has 0 N–H and O–H groups in total. The van der Waals surface area contributed by atoms with Crippen LogP contribution in [0.15, 0.2) is 30.3 Å². The van der Waals surface area contributed by atoms with Crippen LogP contribution in [0.1, 0.15) is 0 Å². The zero-order valence-corrected chi connectivity index (χ0v) is 12.6. The fraction of sp³-hybridized carbons (Fsp3) is 0.375. The molecule has 0 unspecified atom stereocenters. The molecule has 12 heavy (non-hydrogen) atoms. The Kier molecular flexibility index (Phi) is 18.8. The van der Waals surface area contributed by atoms with Crippen LogP contribution >= 0.6 is 17.0 Å². The van der Waals surface area contributed by atoms with Gasteiger partial charge in [-0.2, -0.15) is 18.2 Å². The number of halogens is 2. The minimum absolute atomic E-state index is 0.120. The average Bonchev–Trinajstić information content (AvgIpc) is 2.40. The van der Waals surface area contributed by atoms with Crippen LogP contribution in [0.5, 0.6) is 0 Å². The Morgan fingerprint density at radius 2 is 1.33 bits per heavy atom. The summed E-state index contributed by atoms with van der Waals surface area (Å²) in [7, 11) is 9.99. The molecule has 0 fully saturated rings.